The molecule has 7 heteroatoms. The van der Waals surface area contributed by atoms with Gasteiger partial charge in [0.05, 0.1) is 24.8 Å². The van der Waals surface area contributed by atoms with Crippen LogP contribution in [0.2, 0.25) is 0 Å². The van der Waals surface area contributed by atoms with Gasteiger partial charge in [0.25, 0.3) is 5.91 Å². The van der Waals surface area contributed by atoms with E-state index in [1.54, 1.807) is 17.0 Å². The number of ether oxygens (including phenoxy) is 1. The van der Waals surface area contributed by atoms with Crippen LogP contribution >= 0.6 is 12.2 Å². The molecule has 0 unspecified atom stereocenters. The maximum atomic E-state index is 13.6. The lowest BCUT2D eigenvalue weighted by atomic mass is 9.94. The van der Waals surface area contributed by atoms with Crippen LogP contribution < -0.4 is 10.6 Å². The highest BCUT2D eigenvalue weighted by molar-refractivity contribution is 7.80. The second-order valence-electron chi connectivity index (χ2n) is 5.53. The number of nitrogens with zero attached hydrogens (tertiary/aromatic N) is 1. The number of carbonyl (C=O) groups is 1. The van der Waals surface area contributed by atoms with E-state index in [0.717, 1.165) is 0 Å². The smallest absolute Gasteiger partial charge is 0.254 e. The average Bonchev–Trinajstić information content (AvgIpc) is 2.54. The van der Waals surface area contributed by atoms with Gasteiger partial charge in [0.1, 0.15) is 5.82 Å². The average molecular weight is 335 g/mol. The van der Waals surface area contributed by atoms with Crippen LogP contribution in [0.25, 0.3) is 0 Å². The number of hydrogen-bond acceptors (Lipinski definition) is 3. The summed E-state index contributed by atoms with van der Waals surface area (Å²) in [7, 11) is 0. The molecule has 0 spiro atoms. The van der Waals surface area contributed by atoms with Crippen molar-refractivity contribution in [3.63, 3.8) is 0 Å². The third-order valence-electron chi connectivity index (χ3n) is 3.98. The minimum Gasteiger partial charge on any atom is -0.378 e. The molecule has 1 aromatic carbocycles. The number of benzene rings is 1. The normalized spacial score (nSPS) is 21.7. The molecule has 0 aromatic heterocycles. The zero-order valence-electron chi connectivity index (χ0n) is 12.8. The summed E-state index contributed by atoms with van der Waals surface area (Å²) in [5, 5.41) is 6.49. The molecule has 0 bridgehead atoms. The van der Waals surface area contributed by atoms with Crippen molar-refractivity contribution >= 4 is 23.2 Å². The molecule has 0 radical (unpaired) electrons. The number of hydrogen-bond donors (Lipinski definition) is 2. The lowest BCUT2D eigenvalue weighted by molar-refractivity contribution is -0.131. The Balaban J connectivity index is 1.97. The van der Waals surface area contributed by atoms with Gasteiger partial charge in [0.2, 0.25) is 0 Å². The van der Waals surface area contributed by atoms with Crippen LogP contribution in [0, 0.1) is 5.82 Å². The molecule has 1 saturated heterocycles. The molecule has 1 amide bonds. The summed E-state index contributed by atoms with van der Waals surface area (Å²) in [6.07, 6.45) is 0. The Hall–Kier alpha value is -1.99. The van der Waals surface area contributed by atoms with E-state index in [2.05, 4.69) is 10.6 Å². The third-order valence-corrected chi connectivity index (χ3v) is 4.20. The Morgan fingerprint density at radius 2 is 2.13 bits per heavy atom. The number of morpholine rings is 1. The number of amides is 1. The van der Waals surface area contributed by atoms with E-state index in [4.69, 9.17) is 17.0 Å². The van der Waals surface area contributed by atoms with Crippen molar-refractivity contribution in [2.75, 3.05) is 26.3 Å². The van der Waals surface area contributed by atoms with Crippen molar-refractivity contribution in [3.8, 4) is 0 Å². The first-order chi connectivity index (χ1) is 11.1. The summed E-state index contributed by atoms with van der Waals surface area (Å²) in [5.41, 5.74) is 1.93. The molecule has 1 fully saturated rings. The lowest BCUT2D eigenvalue weighted by Crippen LogP contribution is -2.49. The van der Waals surface area contributed by atoms with Crippen LogP contribution in [0.3, 0.4) is 0 Å². The second kappa shape index (κ2) is 6.64. The molecule has 2 N–H and O–H groups in total. The quantitative estimate of drug-likeness (QED) is 0.802. The summed E-state index contributed by atoms with van der Waals surface area (Å²) in [6, 6.07) is 5.75. The van der Waals surface area contributed by atoms with Crippen molar-refractivity contribution in [1.82, 2.24) is 15.5 Å². The SMILES string of the molecule is CC1=C(C(=O)N2CCOCC2)[C@H](c2cccc(F)c2)NC(=S)N1. The highest BCUT2D eigenvalue weighted by Gasteiger charge is 2.33. The van der Waals surface area contributed by atoms with Crippen LogP contribution in [-0.4, -0.2) is 42.2 Å². The standard InChI is InChI=1S/C16H18FN3O2S/c1-10-13(15(21)20-5-7-22-8-6-20)14(19-16(23)18-10)11-3-2-4-12(17)9-11/h2-4,9,14H,5-8H2,1H3,(H2,18,19,23)/t14-/m0/s1. The molecule has 1 atom stereocenters. The fourth-order valence-electron chi connectivity index (χ4n) is 2.85. The monoisotopic (exact) mass is 335 g/mol. The van der Waals surface area contributed by atoms with Crippen LogP contribution in [0.4, 0.5) is 4.39 Å². The number of halogens is 1. The van der Waals surface area contributed by atoms with Gasteiger partial charge >= 0.3 is 0 Å². The summed E-state index contributed by atoms with van der Waals surface area (Å²) in [6.45, 7) is 3.98. The minimum atomic E-state index is -0.463. The number of nitrogens with one attached hydrogen (secondary N) is 2. The van der Waals surface area contributed by atoms with E-state index in [-0.39, 0.29) is 11.7 Å². The van der Waals surface area contributed by atoms with E-state index in [0.29, 0.717) is 48.2 Å². The first-order valence-electron chi connectivity index (χ1n) is 7.47. The molecule has 0 aliphatic carbocycles. The summed E-state index contributed by atoms with van der Waals surface area (Å²) >= 11 is 5.19. The van der Waals surface area contributed by atoms with Gasteiger partial charge in [-0.1, -0.05) is 12.1 Å². The van der Waals surface area contributed by atoms with Crippen molar-refractivity contribution in [2.24, 2.45) is 0 Å². The Bertz CT molecular complexity index is 671. The summed E-state index contributed by atoms with van der Waals surface area (Å²) in [5.74, 6) is -0.424. The van der Waals surface area contributed by atoms with Crippen LogP contribution in [0.5, 0.6) is 0 Å². The zero-order valence-corrected chi connectivity index (χ0v) is 13.6. The molecule has 2 aliphatic heterocycles. The molecular weight excluding hydrogens is 317 g/mol. The predicted molar refractivity (Wildman–Crippen MR) is 88.1 cm³/mol. The predicted octanol–water partition coefficient (Wildman–Crippen LogP) is 1.48. The number of rotatable bonds is 2. The maximum absolute atomic E-state index is 13.6. The van der Waals surface area contributed by atoms with Gasteiger partial charge < -0.3 is 20.3 Å². The molecule has 2 heterocycles. The van der Waals surface area contributed by atoms with Gasteiger partial charge in [-0.15, -0.1) is 0 Å². The Kier molecular flexibility index (Phi) is 4.58. The molecule has 122 valence electrons. The first kappa shape index (κ1) is 15.9. The minimum absolute atomic E-state index is 0.0810. The first-order valence-corrected chi connectivity index (χ1v) is 7.88. The van der Waals surface area contributed by atoms with Gasteiger partial charge in [-0.2, -0.15) is 0 Å². The largest absolute Gasteiger partial charge is 0.378 e. The van der Waals surface area contributed by atoms with E-state index in [1.807, 2.05) is 6.92 Å². The van der Waals surface area contributed by atoms with E-state index in [9.17, 15) is 9.18 Å². The molecule has 2 aliphatic rings. The van der Waals surface area contributed by atoms with Crippen molar-refractivity contribution in [3.05, 3.63) is 46.9 Å². The number of carbonyl (C=O) groups excluding carboxylic acids is 1. The molecular formula is C16H18FN3O2S. The van der Waals surface area contributed by atoms with Crippen molar-refractivity contribution in [2.45, 2.75) is 13.0 Å². The van der Waals surface area contributed by atoms with Gasteiger partial charge in [-0.25, -0.2) is 4.39 Å². The van der Waals surface area contributed by atoms with Crippen LogP contribution in [0.1, 0.15) is 18.5 Å². The number of allylic oxidation sites excluding steroid dienone is 1. The Morgan fingerprint density at radius 3 is 2.83 bits per heavy atom. The van der Waals surface area contributed by atoms with E-state index in [1.165, 1.54) is 12.1 Å². The van der Waals surface area contributed by atoms with Crippen LogP contribution in [-0.2, 0) is 9.53 Å². The summed E-state index contributed by atoms with van der Waals surface area (Å²) < 4.78 is 18.9. The molecule has 0 saturated carbocycles. The van der Waals surface area contributed by atoms with Gasteiger partial charge in [-0.05, 0) is 36.8 Å². The molecule has 23 heavy (non-hydrogen) atoms. The highest BCUT2D eigenvalue weighted by atomic mass is 32.1. The Morgan fingerprint density at radius 1 is 1.39 bits per heavy atom. The molecule has 3 rings (SSSR count). The second-order valence-corrected chi connectivity index (χ2v) is 5.94. The third kappa shape index (κ3) is 3.35. The van der Waals surface area contributed by atoms with E-state index >= 15 is 0 Å². The van der Waals surface area contributed by atoms with Crippen LogP contribution in [0.15, 0.2) is 35.5 Å². The Labute approximate surface area is 139 Å². The molecule has 5 nitrogen and oxygen atoms in total. The van der Waals surface area contributed by atoms with Gasteiger partial charge in [0, 0.05) is 18.8 Å². The maximum Gasteiger partial charge on any atom is 0.254 e. The fourth-order valence-corrected chi connectivity index (χ4v) is 3.12. The van der Waals surface area contributed by atoms with E-state index < -0.39 is 6.04 Å². The summed E-state index contributed by atoms with van der Waals surface area (Å²) in [4.78, 5) is 14.7. The van der Waals surface area contributed by atoms with Gasteiger partial charge in [0.15, 0.2) is 5.11 Å². The number of thiocarbonyl (C=S) groups is 1. The lowest BCUT2D eigenvalue weighted by Gasteiger charge is -2.34. The highest BCUT2D eigenvalue weighted by Crippen LogP contribution is 2.28. The van der Waals surface area contributed by atoms with Crippen molar-refractivity contribution < 1.29 is 13.9 Å². The fraction of sp³-hybridized carbons (Fsp3) is 0.375. The zero-order chi connectivity index (χ0) is 16.4. The van der Waals surface area contributed by atoms with Gasteiger partial charge in [-0.3, -0.25) is 4.79 Å². The van der Waals surface area contributed by atoms with Crippen molar-refractivity contribution in [1.29, 1.82) is 0 Å². The topological polar surface area (TPSA) is 53.6 Å². The molecule has 1 aromatic rings.